The number of hydrogen-bond acceptors (Lipinski definition) is 4. The number of amides is 2. The second-order valence-corrected chi connectivity index (χ2v) is 11.3. The number of para-hydroxylation sites is 2. The Hall–Kier alpha value is -4.27. The molecule has 2 amide bonds. The van der Waals surface area contributed by atoms with Gasteiger partial charge in [0.15, 0.2) is 0 Å². The van der Waals surface area contributed by atoms with Gasteiger partial charge in [0.25, 0.3) is 5.91 Å². The van der Waals surface area contributed by atoms with E-state index in [9.17, 15) is 9.59 Å². The number of alkyl carbamates (subject to hydrolysis) is 1. The van der Waals surface area contributed by atoms with Gasteiger partial charge in [0.1, 0.15) is 6.04 Å². The van der Waals surface area contributed by atoms with Gasteiger partial charge in [0, 0.05) is 52.7 Å². The van der Waals surface area contributed by atoms with Crippen LogP contribution in [-0.2, 0) is 22.5 Å². The fourth-order valence-corrected chi connectivity index (χ4v) is 5.06. The zero-order valence-electron chi connectivity index (χ0n) is 23.2. The van der Waals surface area contributed by atoms with Gasteiger partial charge in [-0.05, 0) is 41.3 Å². The number of fused-ring (bicyclic) bond motifs is 2. The van der Waals surface area contributed by atoms with Crippen LogP contribution in [0.15, 0.2) is 84.2 Å². The molecule has 0 spiro atoms. The molecule has 5 aromatic rings. The van der Waals surface area contributed by atoms with E-state index in [1.807, 2.05) is 86.9 Å². The summed E-state index contributed by atoms with van der Waals surface area (Å²) in [5, 5.41) is 9.92. The lowest BCUT2D eigenvalue weighted by molar-refractivity contribution is -0.123. The zero-order chi connectivity index (χ0) is 29.6. The van der Waals surface area contributed by atoms with Crippen molar-refractivity contribution in [3.8, 4) is 0 Å². The Bertz CT molecular complexity index is 1760. The van der Waals surface area contributed by atoms with Crippen molar-refractivity contribution >= 4 is 63.2 Å². The van der Waals surface area contributed by atoms with Crippen LogP contribution in [0.1, 0.15) is 30.5 Å². The summed E-state index contributed by atoms with van der Waals surface area (Å²) < 4.78 is 7.37. The smallest absolute Gasteiger partial charge is 0.407 e. The van der Waals surface area contributed by atoms with Crippen molar-refractivity contribution in [2.75, 3.05) is 6.61 Å². The second-order valence-electron chi connectivity index (χ2n) is 10.5. The van der Waals surface area contributed by atoms with Crippen LogP contribution in [-0.4, -0.2) is 40.4 Å². The van der Waals surface area contributed by atoms with Gasteiger partial charge >= 0.3 is 6.09 Å². The van der Waals surface area contributed by atoms with Crippen molar-refractivity contribution < 1.29 is 14.3 Å². The first-order chi connectivity index (χ1) is 20.3. The Labute approximate surface area is 253 Å². The highest BCUT2D eigenvalue weighted by molar-refractivity contribution is 6.42. The van der Waals surface area contributed by atoms with Crippen LogP contribution in [0.2, 0.25) is 10.0 Å². The monoisotopic (exact) mass is 603 g/mol. The van der Waals surface area contributed by atoms with E-state index in [4.69, 9.17) is 27.9 Å². The van der Waals surface area contributed by atoms with Crippen molar-refractivity contribution in [3.05, 3.63) is 106 Å². The van der Waals surface area contributed by atoms with Crippen LogP contribution in [0.25, 0.3) is 21.8 Å². The number of carbonyl (C=O) groups excluding carboxylic acids is 2. The van der Waals surface area contributed by atoms with E-state index in [0.717, 1.165) is 38.5 Å². The van der Waals surface area contributed by atoms with E-state index in [1.165, 1.54) is 0 Å². The first kappa shape index (κ1) is 29.2. The standard InChI is InChI=1S/C32H31Cl2N5O3/c1-20(2)19-42-32(41)37-29(14-22-15-35-28-9-5-3-7-24(22)28)31(40)38-36-16-23-18-39(30-10-6-4-8-25(23)30)17-21-11-12-26(33)27(34)13-21/h3-13,15-16,18,20,29,35H,14,17,19H2,1-2H3,(H,37,41)(H,38,40)/b36-16-/t29-/m0/s1. The Kier molecular flexibility index (Phi) is 9.15. The van der Waals surface area contributed by atoms with Gasteiger partial charge in [-0.15, -0.1) is 0 Å². The molecule has 0 unspecified atom stereocenters. The topological polar surface area (TPSA) is 101 Å². The van der Waals surface area contributed by atoms with Crippen LogP contribution >= 0.6 is 23.2 Å². The summed E-state index contributed by atoms with van der Waals surface area (Å²) in [6.07, 6.45) is 5.01. The highest BCUT2D eigenvalue weighted by Crippen LogP contribution is 2.25. The number of halogens is 2. The molecule has 2 aromatic heterocycles. The molecule has 3 aromatic carbocycles. The van der Waals surface area contributed by atoms with Crippen LogP contribution in [0.3, 0.4) is 0 Å². The minimum atomic E-state index is -0.906. The molecule has 42 heavy (non-hydrogen) atoms. The van der Waals surface area contributed by atoms with E-state index in [2.05, 4.69) is 25.4 Å². The van der Waals surface area contributed by atoms with Gasteiger partial charge < -0.3 is 19.6 Å². The van der Waals surface area contributed by atoms with Crippen LogP contribution < -0.4 is 10.7 Å². The SMILES string of the molecule is CC(C)COC(=O)N[C@@H](Cc1c[nH]c2ccccc12)C(=O)N/N=C\c1cn(Cc2ccc(Cl)c(Cl)c2)c2ccccc12. The summed E-state index contributed by atoms with van der Waals surface area (Å²) in [6, 6.07) is 20.4. The van der Waals surface area contributed by atoms with Crippen LogP contribution in [0.4, 0.5) is 4.79 Å². The number of nitrogens with one attached hydrogen (secondary N) is 3. The number of ether oxygens (including phenoxy) is 1. The summed E-state index contributed by atoms with van der Waals surface area (Å²) in [5.74, 6) is -0.294. The Morgan fingerprint density at radius 1 is 1.02 bits per heavy atom. The first-order valence-corrected chi connectivity index (χ1v) is 14.4. The van der Waals surface area contributed by atoms with Crippen molar-refractivity contribution in [1.82, 2.24) is 20.3 Å². The number of benzene rings is 3. The van der Waals surface area contributed by atoms with Crippen molar-refractivity contribution in [3.63, 3.8) is 0 Å². The normalized spacial score (nSPS) is 12.3. The Morgan fingerprint density at radius 3 is 2.57 bits per heavy atom. The number of carbonyl (C=O) groups is 2. The fourth-order valence-electron chi connectivity index (χ4n) is 4.74. The average molecular weight is 605 g/mol. The lowest BCUT2D eigenvalue weighted by Crippen LogP contribution is -2.47. The Balaban J connectivity index is 1.34. The maximum Gasteiger partial charge on any atom is 0.407 e. The second kappa shape index (κ2) is 13.1. The molecule has 0 fully saturated rings. The summed E-state index contributed by atoms with van der Waals surface area (Å²) in [5.41, 5.74) is 7.27. The summed E-state index contributed by atoms with van der Waals surface area (Å²) in [7, 11) is 0. The highest BCUT2D eigenvalue weighted by atomic mass is 35.5. The largest absolute Gasteiger partial charge is 0.449 e. The molecule has 0 aliphatic heterocycles. The fraction of sp³-hybridized carbons (Fsp3) is 0.219. The van der Waals surface area contributed by atoms with Gasteiger partial charge in [-0.2, -0.15) is 5.10 Å². The summed E-state index contributed by atoms with van der Waals surface area (Å²) >= 11 is 12.3. The third kappa shape index (κ3) is 6.95. The molecule has 5 rings (SSSR count). The van der Waals surface area contributed by atoms with Crippen molar-refractivity contribution in [1.29, 1.82) is 0 Å². The molecule has 0 saturated carbocycles. The molecule has 0 bridgehead atoms. The van der Waals surface area contributed by atoms with E-state index in [1.54, 1.807) is 12.3 Å². The predicted octanol–water partition coefficient (Wildman–Crippen LogP) is 6.92. The van der Waals surface area contributed by atoms with Gasteiger partial charge in [-0.25, -0.2) is 10.2 Å². The molecular formula is C32H31Cl2N5O3. The number of hydrogen-bond donors (Lipinski definition) is 3. The lowest BCUT2D eigenvalue weighted by Gasteiger charge is -2.17. The molecule has 2 heterocycles. The number of nitrogens with zero attached hydrogens (tertiary/aromatic N) is 2. The van der Waals surface area contributed by atoms with E-state index < -0.39 is 18.0 Å². The molecule has 1 atom stereocenters. The molecule has 0 saturated heterocycles. The van der Waals surface area contributed by atoms with Gasteiger partial charge in [-0.3, -0.25) is 4.79 Å². The maximum absolute atomic E-state index is 13.3. The molecule has 216 valence electrons. The average Bonchev–Trinajstić information content (AvgIpc) is 3.55. The molecule has 0 aliphatic rings. The number of aromatic nitrogens is 2. The quantitative estimate of drug-likeness (QED) is 0.119. The van der Waals surface area contributed by atoms with Crippen LogP contribution in [0.5, 0.6) is 0 Å². The first-order valence-electron chi connectivity index (χ1n) is 13.6. The minimum absolute atomic E-state index is 0.167. The predicted molar refractivity (Wildman–Crippen MR) is 168 cm³/mol. The molecule has 3 N–H and O–H groups in total. The molecular weight excluding hydrogens is 573 g/mol. The number of aromatic amines is 1. The third-order valence-corrected chi connectivity index (χ3v) is 7.53. The Morgan fingerprint density at radius 2 is 1.79 bits per heavy atom. The number of hydrazone groups is 1. The van der Waals surface area contributed by atoms with E-state index in [-0.39, 0.29) is 18.9 Å². The number of H-pyrrole nitrogens is 1. The molecule has 0 radical (unpaired) electrons. The van der Waals surface area contributed by atoms with Gasteiger partial charge in [0.05, 0.1) is 22.9 Å². The maximum atomic E-state index is 13.3. The summed E-state index contributed by atoms with van der Waals surface area (Å²) in [6.45, 7) is 4.71. The van der Waals surface area contributed by atoms with Crippen LogP contribution in [0, 0.1) is 5.92 Å². The minimum Gasteiger partial charge on any atom is -0.449 e. The zero-order valence-corrected chi connectivity index (χ0v) is 24.7. The van der Waals surface area contributed by atoms with E-state index >= 15 is 0 Å². The molecule has 0 aliphatic carbocycles. The van der Waals surface area contributed by atoms with Crippen molar-refractivity contribution in [2.24, 2.45) is 11.0 Å². The highest BCUT2D eigenvalue weighted by Gasteiger charge is 2.23. The van der Waals surface area contributed by atoms with E-state index in [0.29, 0.717) is 16.6 Å². The number of rotatable bonds is 10. The van der Waals surface area contributed by atoms with Gasteiger partial charge in [0.2, 0.25) is 0 Å². The van der Waals surface area contributed by atoms with Crippen molar-refractivity contribution in [2.45, 2.75) is 32.9 Å². The lowest BCUT2D eigenvalue weighted by atomic mass is 10.0. The molecule has 10 heteroatoms. The molecule has 8 nitrogen and oxygen atoms in total. The van der Waals surface area contributed by atoms with Gasteiger partial charge in [-0.1, -0.05) is 79.5 Å². The third-order valence-electron chi connectivity index (χ3n) is 6.79. The summed E-state index contributed by atoms with van der Waals surface area (Å²) in [4.78, 5) is 29.0.